The van der Waals surface area contributed by atoms with E-state index < -0.39 is 0 Å². The molecule has 0 radical (unpaired) electrons. The molecule has 0 amide bonds. The Bertz CT molecular complexity index is 373. The molecule has 0 aliphatic heterocycles. The summed E-state index contributed by atoms with van der Waals surface area (Å²) in [6.07, 6.45) is 10.8. The van der Waals surface area contributed by atoms with Gasteiger partial charge in [0.2, 0.25) is 0 Å². The molecule has 0 fully saturated rings. The third-order valence-corrected chi connectivity index (χ3v) is 3.90. The van der Waals surface area contributed by atoms with Gasteiger partial charge in [-0.15, -0.1) is 0 Å². The second-order valence-electron chi connectivity index (χ2n) is 5.45. The van der Waals surface area contributed by atoms with Crippen LogP contribution in [0.25, 0.3) is 0 Å². The lowest BCUT2D eigenvalue weighted by Crippen LogP contribution is -2.23. The molecule has 1 atom stereocenters. The number of aromatic nitrogens is 1. The van der Waals surface area contributed by atoms with Gasteiger partial charge in [0.15, 0.2) is 0 Å². The van der Waals surface area contributed by atoms with E-state index in [1.54, 1.807) is 0 Å². The van der Waals surface area contributed by atoms with Crippen LogP contribution in [0.1, 0.15) is 56.7 Å². The van der Waals surface area contributed by atoms with E-state index in [-0.39, 0.29) is 0 Å². The van der Waals surface area contributed by atoms with Crippen molar-refractivity contribution in [2.75, 3.05) is 19.8 Å². The summed E-state index contributed by atoms with van der Waals surface area (Å²) in [7, 11) is 0. The van der Waals surface area contributed by atoms with Gasteiger partial charge in [-0.2, -0.15) is 0 Å². The van der Waals surface area contributed by atoms with Crippen LogP contribution >= 0.6 is 0 Å². The van der Waals surface area contributed by atoms with Gasteiger partial charge in [0, 0.05) is 31.6 Å². The number of hydrogen-bond acceptors (Lipinski definition) is 2. The Morgan fingerprint density at radius 1 is 1.32 bits per heavy atom. The van der Waals surface area contributed by atoms with Gasteiger partial charge in [-0.3, -0.25) is 0 Å². The van der Waals surface area contributed by atoms with Crippen LogP contribution in [0.2, 0.25) is 0 Å². The van der Waals surface area contributed by atoms with Crippen molar-refractivity contribution >= 4 is 0 Å². The molecule has 2 rings (SSSR count). The molecular formula is C16H28N2O. The van der Waals surface area contributed by atoms with E-state index in [4.69, 9.17) is 4.74 Å². The van der Waals surface area contributed by atoms with Crippen molar-refractivity contribution in [3.05, 3.63) is 23.5 Å². The Hall–Kier alpha value is -0.800. The van der Waals surface area contributed by atoms with E-state index in [9.17, 15) is 0 Å². The molecule has 1 unspecified atom stereocenters. The molecule has 0 spiro atoms. The summed E-state index contributed by atoms with van der Waals surface area (Å²) in [5, 5.41) is 3.59. The fraction of sp³-hybridized carbons (Fsp3) is 0.750. The maximum absolute atomic E-state index is 5.65. The van der Waals surface area contributed by atoms with Crippen LogP contribution < -0.4 is 5.32 Å². The standard InChI is InChI=1S/C16H28N2O/c1-3-5-10-19-11-9-18-12-14-7-6-8-16(17-4-2)15(14)13-18/h12-13,16-17H,3-11H2,1-2H3. The lowest BCUT2D eigenvalue weighted by Gasteiger charge is -2.22. The number of aryl methyl sites for hydroxylation is 1. The lowest BCUT2D eigenvalue weighted by atomic mass is 9.91. The normalized spacial score (nSPS) is 18.5. The van der Waals surface area contributed by atoms with Gasteiger partial charge >= 0.3 is 0 Å². The van der Waals surface area contributed by atoms with Gasteiger partial charge in [0.25, 0.3) is 0 Å². The highest BCUT2D eigenvalue weighted by Crippen LogP contribution is 2.30. The number of nitrogens with zero attached hydrogens (tertiary/aromatic N) is 1. The molecule has 3 heteroatoms. The second kappa shape index (κ2) is 7.71. The molecular weight excluding hydrogens is 236 g/mol. The van der Waals surface area contributed by atoms with Gasteiger partial charge in [0.1, 0.15) is 0 Å². The van der Waals surface area contributed by atoms with Crippen LogP contribution in [0.3, 0.4) is 0 Å². The smallest absolute Gasteiger partial charge is 0.0645 e. The van der Waals surface area contributed by atoms with Gasteiger partial charge in [0.05, 0.1) is 6.61 Å². The molecule has 1 aliphatic rings. The first-order chi connectivity index (χ1) is 9.35. The average molecular weight is 264 g/mol. The molecule has 108 valence electrons. The molecule has 0 saturated carbocycles. The second-order valence-corrected chi connectivity index (χ2v) is 5.45. The fourth-order valence-corrected chi connectivity index (χ4v) is 2.85. The summed E-state index contributed by atoms with van der Waals surface area (Å²) < 4.78 is 7.96. The Morgan fingerprint density at radius 3 is 3.00 bits per heavy atom. The summed E-state index contributed by atoms with van der Waals surface area (Å²) in [5.41, 5.74) is 3.05. The number of nitrogens with one attached hydrogen (secondary N) is 1. The van der Waals surface area contributed by atoms with Crippen molar-refractivity contribution in [1.29, 1.82) is 0 Å². The zero-order valence-electron chi connectivity index (χ0n) is 12.5. The van der Waals surface area contributed by atoms with Crippen LogP contribution in [0, 0.1) is 0 Å². The first kappa shape index (κ1) is 14.6. The van der Waals surface area contributed by atoms with E-state index >= 15 is 0 Å². The van der Waals surface area contributed by atoms with Crippen molar-refractivity contribution in [3.63, 3.8) is 0 Å². The van der Waals surface area contributed by atoms with Crippen LogP contribution in [0.4, 0.5) is 0 Å². The Labute approximate surface area is 117 Å². The molecule has 1 aliphatic carbocycles. The van der Waals surface area contributed by atoms with Crippen LogP contribution in [0.15, 0.2) is 12.4 Å². The molecule has 1 heterocycles. The minimum absolute atomic E-state index is 0.566. The summed E-state index contributed by atoms with van der Waals surface area (Å²) >= 11 is 0. The predicted molar refractivity (Wildman–Crippen MR) is 79.5 cm³/mol. The monoisotopic (exact) mass is 264 g/mol. The van der Waals surface area contributed by atoms with Crippen molar-refractivity contribution in [1.82, 2.24) is 9.88 Å². The molecule has 19 heavy (non-hydrogen) atoms. The Morgan fingerprint density at radius 2 is 2.21 bits per heavy atom. The van der Waals surface area contributed by atoms with E-state index in [1.165, 1.54) is 43.2 Å². The summed E-state index contributed by atoms with van der Waals surface area (Å²) in [5.74, 6) is 0. The zero-order valence-corrected chi connectivity index (χ0v) is 12.5. The van der Waals surface area contributed by atoms with E-state index in [0.29, 0.717) is 6.04 Å². The number of rotatable bonds is 8. The van der Waals surface area contributed by atoms with E-state index in [2.05, 4.69) is 36.1 Å². The van der Waals surface area contributed by atoms with Gasteiger partial charge in [-0.05, 0) is 43.4 Å². The minimum Gasteiger partial charge on any atom is -0.380 e. The predicted octanol–water partition coefficient (Wildman–Crippen LogP) is 3.29. The highest BCUT2D eigenvalue weighted by atomic mass is 16.5. The van der Waals surface area contributed by atoms with Crippen LogP contribution in [-0.2, 0) is 17.7 Å². The molecule has 0 saturated heterocycles. The van der Waals surface area contributed by atoms with Crippen LogP contribution in [-0.4, -0.2) is 24.3 Å². The Kier molecular flexibility index (Phi) is 5.93. The van der Waals surface area contributed by atoms with Crippen molar-refractivity contribution in [2.24, 2.45) is 0 Å². The number of fused-ring (bicyclic) bond motifs is 1. The first-order valence-corrected chi connectivity index (χ1v) is 7.84. The molecule has 1 aromatic rings. The van der Waals surface area contributed by atoms with Crippen molar-refractivity contribution in [2.45, 2.75) is 58.5 Å². The maximum Gasteiger partial charge on any atom is 0.0645 e. The lowest BCUT2D eigenvalue weighted by molar-refractivity contribution is 0.123. The highest BCUT2D eigenvalue weighted by Gasteiger charge is 2.20. The molecule has 1 aromatic heterocycles. The highest BCUT2D eigenvalue weighted by molar-refractivity contribution is 5.30. The fourth-order valence-electron chi connectivity index (χ4n) is 2.85. The SMILES string of the molecule is CCCCOCCn1cc2c(c1)C(NCC)CCC2. The quantitative estimate of drug-likeness (QED) is 0.729. The zero-order chi connectivity index (χ0) is 13.5. The minimum atomic E-state index is 0.566. The molecule has 0 aromatic carbocycles. The van der Waals surface area contributed by atoms with Gasteiger partial charge in [-0.1, -0.05) is 20.3 Å². The molecule has 1 N–H and O–H groups in total. The third kappa shape index (κ3) is 4.08. The number of unbranched alkanes of at least 4 members (excludes halogenated alkanes) is 1. The number of ether oxygens (including phenoxy) is 1. The summed E-state index contributed by atoms with van der Waals surface area (Å²) in [6.45, 7) is 8.15. The van der Waals surface area contributed by atoms with Gasteiger partial charge in [-0.25, -0.2) is 0 Å². The maximum atomic E-state index is 5.65. The van der Waals surface area contributed by atoms with E-state index in [1.807, 2.05) is 0 Å². The van der Waals surface area contributed by atoms with E-state index in [0.717, 1.165) is 26.3 Å². The number of hydrogen-bond donors (Lipinski definition) is 1. The topological polar surface area (TPSA) is 26.2 Å². The largest absolute Gasteiger partial charge is 0.380 e. The van der Waals surface area contributed by atoms with Crippen LogP contribution in [0.5, 0.6) is 0 Å². The van der Waals surface area contributed by atoms with Crippen molar-refractivity contribution in [3.8, 4) is 0 Å². The Balaban J connectivity index is 1.86. The molecule has 3 nitrogen and oxygen atoms in total. The van der Waals surface area contributed by atoms with Crippen molar-refractivity contribution < 1.29 is 4.74 Å². The molecule has 0 bridgehead atoms. The summed E-state index contributed by atoms with van der Waals surface area (Å²) in [4.78, 5) is 0. The van der Waals surface area contributed by atoms with Gasteiger partial charge < -0.3 is 14.6 Å². The summed E-state index contributed by atoms with van der Waals surface area (Å²) in [6, 6.07) is 0.566. The third-order valence-electron chi connectivity index (χ3n) is 3.90. The first-order valence-electron chi connectivity index (χ1n) is 7.84. The average Bonchev–Trinajstić information content (AvgIpc) is 2.83.